The molecule has 7 nitrogen and oxygen atoms in total. The third-order valence-corrected chi connectivity index (χ3v) is 7.03. The monoisotopic (exact) mass is 465 g/mol. The molecule has 3 aromatic heterocycles. The lowest BCUT2D eigenvalue weighted by molar-refractivity contribution is -0.116. The number of carbonyl (C=O) groups excluding carboxylic acids is 1. The Morgan fingerprint density at radius 2 is 1.78 bits per heavy atom. The molecule has 0 spiro atoms. The van der Waals surface area contributed by atoms with Crippen molar-refractivity contribution in [2.75, 3.05) is 5.32 Å². The molecule has 9 heteroatoms. The smallest absolute Gasteiger partial charge is 0.262 e. The summed E-state index contributed by atoms with van der Waals surface area (Å²) in [6.45, 7) is 8.09. The van der Waals surface area contributed by atoms with Gasteiger partial charge in [0.05, 0.1) is 11.7 Å². The van der Waals surface area contributed by atoms with Crippen molar-refractivity contribution in [3.05, 3.63) is 68.8 Å². The van der Waals surface area contributed by atoms with Crippen molar-refractivity contribution in [2.45, 2.75) is 50.7 Å². The van der Waals surface area contributed by atoms with Crippen LogP contribution >= 0.6 is 23.1 Å². The number of aromatic nitrogens is 4. The summed E-state index contributed by atoms with van der Waals surface area (Å²) in [5.74, 6) is -0.159. The first-order chi connectivity index (χ1) is 15.3. The van der Waals surface area contributed by atoms with E-state index in [4.69, 9.17) is 0 Å². The van der Waals surface area contributed by atoms with Crippen LogP contribution in [0.1, 0.15) is 28.2 Å². The number of anilines is 1. The lowest BCUT2D eigenvalue weighted by Crippen LogP contribution is -2.23. The van der Waals surface area contributed by atoms with Gasteiger partial charge in [-0.2, -0.15) is 0 Å². The van der Waals surface area contributed by atoms with Crippen molar-refractivity contribution in [3.8, 4) is 0 Å². The van der Waals surface area contributed by atoms with Crippen LogP contribution in [0.25, 0.3) is 10.2 Å². The van der Waals surface area contributed by atoms with E-state index in [1.54, 1.807) is 0 Å². The number of aryl methyl sites for hydroxylation is 5. The van der Waals surface area contributed by atoms with Gasteiger partial charge in [0.2, 0.25) is 5.91 Å². The zero-order valence-corrected chi connectivity index (χ0v) is 19.9. The van der Waals surface area contributed by atoms with Crippen LogP contribution in [0.5, 0.6) is 0 Å². The molecule has 0 bridgehead atoms. The standard InChI is InChI=1S/C23H23N5O2S2/c1-13-11-14(2)26-23(25-13)32-18-7-5-17(6-8-18)27-19(29)9-10-28-12-24-21-20(22(28)30)15(3)16(4)31-21/h5-8,11-12H,9-10H2,1-4H3,(H,27,29). The third-order valence-electron chi connectivity index (χ3n) is 5.04. The predicted molar refractivity (Wildman–Crippen MR) is 129 cm³/mol. The number of amides is 1. The second kappa shape index (κ2) is 9.22. The fourth-order valence-corrected chi connectivity index (χ4v) is 5.18. The van der Waals surface area contributed by atoms with E-state index in [1.165, 1.54) is 34.0 Å². The van der Waals surface area contributed by atoms with E-state index in [0.717, 1.165) is 31.6 Å². The number of fused-ring (bicyclic) bond motifs is 1. The first-order valence-electron chi connectivity index (χ1n) is 10.2. The number of nitrogens with zero attached hydrogens (tertiary/aromatic N) is 4. The minimum Gasteiger partial charge on any atom is -0.326 e. The summed E-state index contributed by atoms with van der Waals surface area (Å²) in [5.41, 5.74) is 3.43. The van der Waals surface area contributed by atoms with E-state index in [2.05, 4.69) is 20.3 Å². The molecule has 32 heavy (non-hydrogen) atoms. The molecule has 4 aromatic rings. The fourth-order valence-electron chi connectivity index (χ4n) is 3.33. The first-order valence-corrected chi connectivity index (χ1v) is 11.8. The maximum atomic E-state index is 12.7. The second-order valence-corrected chi connectivity index (χ2v) is 9.81. The number of rotatable bonds is 6. The Morgan fingerprint density at radius 3 is 2.47 bits per heavy atom. The normalized spacial score (nSPS) is 11.1. The minimum absolute atomic E-state index is 0.0976. The van der Waals surface area contributed by atoms with Crippen molar-refractivity contribution in [1.29, 1.82) is 0 Å². The van der Waals surface area contributed by atoms with E-state index in [9.17, 15) is 9.59 Å². The molecule has 0 saturated carbocycles. The van der Waals surface area contributed by atoms with E-state index < -0.39 is 0 Å². The summed E-state index contributed by atoms with van der Waals surface area (Å²) in [7, 11) is 0. The Balaban J connectivity index is 1.37. The van der Waals surface area contributed by atoms with Gasteiger partial charge in [0.25, 0.3) is 5.56 Å². The molecule has 164 valence electrons. The van der Waals surface area contributed by atoms with Crippen LogP contribution in [0.15, 0.2) is 51.5 Å². The molecule has 4 rings (SSSR count). The Hall–Kier alpha value is -3.04. The fraction of sp³-hybridized carbons (Fsp3) is 0.261. The van der Waals surface area contributed by atoms with E-state index in [0.29, 0.717) is 16.2 Å². The van der Waals surface area contributed by atoms with Gasteiger partial charge in [-0.1, -0.05) is 0 Å². The van der Waals surface area contributed by atoms with Crippen LogP contribution < -0.4 is 10.9 Å². The van der Waals surface area contributed by atoms with E-state index in [-0.39, 0.29) is 24.4 Å². The van der Waals surface area contributed by atoms with Gasteiger partial charge in [0, 0.05) is 39.8 Å². The Morgan fingerprint density at radius 1 is 1.09 bits per heavy atom. The van der Waals surface area contributed by atoms with Crippen molar-refractivity contribution < 1.29 is 4.79 Å². The lowest BCUT2D eigenvalue weighted by atomic mass is 10.2. The number of thiophene rings is 1. The number of hydrogen-bond donors (Lipinski definition) is 1. The Labute approximate surface area is 194 Å². The number of benzene rings is 1. The maximum absolute atomic E-state index is 12.7. The molecule has 1 amide bonds. The van der Waals surface area contributed by atoms with Crippen molar-refractivity contribution in [2.24, 2.45) is 0 Å². The maximum Gasteiger partial charge on any atom is 0.262 e. The molecule has 0 atom stereocenters. The zero-order valence-electron chi connectivity index (χ0n) is 18.3. The molecule has 0 aliphatic heterocycles. The summed E-state index contributed by atoms with van der Waals surface area (Å²) in [6.07, 6.45) is 1.70. The first kappa shape index (κ1) is 22.2. The summed E-state index contributed by atoms with van der Waals surface area (Å²) in [5, 5.41) is 4.23. The van der Waals surface area contributed by atoms with Crippen molar-refractivity contribution in [3.63, 3.8) is 0 Å². The topological polar surface area (TPSA) is 89.8 Å². The summed E-state index contributed by atoms with van der Waals surface area (Å²) in [4.78, 5) is 41.2. The molecule has 3 heterocycles. The number of hydrogen-bond acceptors (Lipinski definition) is 7. The Bertz CT molecular complexity index is 1340. The van der Waals surface area contributed by atoms with E-state index >= 15 is 0 Å². The van der Waals surface area contributed by atoms with Crippen LogP contribution in [0.4, 0.5) is 5.69 Å². The average Bonchev–Trinajstić information content (AvgIpc) is 3.02. The van der Waals surface area contributed by atoms with Gasteiger partial charge in [-0.05, 0) is 75.4 Å². The average molecular weight is 466 g/mol. The van der Waals surface area contributed by atoms with Crippen LogP contribution in [0, 0.1) is 27.7 Å². The molecule has 0 aliphatic carbocycles. The van der Waals surface area contributed by atoms with Gasteiger partial charge in [-0.3, -0.25) is 14.2 Å². The minimum atomic E-state index is -0.159. The lowest BCUT2D eigenvalue weighted by Gasteiger charge is -2.08. The molecular formula is C23H23N5O2S2. The summed E-state index contributed by atoms with van der Waals surface area (Å²) >= 11 is 2.99. The van der Waals surface area contributed by atoms with Crippen LogP contribution in [0.3, 0.4) is 0 Å². The van der Waals surface area contributed by atoms with Crippen molar-refractivity contribution in [1.82, 2.24) is 19.5 Å². The van der Waals surface area contributed by atoms with Gasteiger partial charge in [-0.15, -0.1) is 11.3 Å². The highest BCUT2D eigenvalue weighted by atomic mass is 32.2. The van der Waals surface area contributed by atoms with Gasteiger partial charge < -0.3 is 5.32 Å². The van der Waals surface area contributed by atoms with Gasteiger partial charge in [0.15, 0.2) is 5.16 Å². The molecule has 1 N–H and O–H groups in total. The summed E-state index contributed by atoms with van der Waals surface area (Å²) in [6, 6.07) is 9.48. The van der Waals surface area contributed by atoms with Crippen LogP contribution in [-0.2, 0) is 11.3 Å². The Kier molecular flexibility index (Phi) is 6.38. The number of nitrogens with one attached hydrogen (secondary N) is 1. The molecule has 0 aliphatic rings. The van der Waals surface area contributed by atoms with Crippen LogP contribution in [0.2, 0.25) is 0 Å². The molecular weight excluding hydrogens is 442 g/mol. The number of carbonyl (C=O) groups is 1. The zero-order chi connectivity index (χ0) is 22.8. The predicted octanol–water partition coefficient (Wildman–Crippen LogP) is 4.66. The quantitative estimate of drug-likeness (QED) is 0.417. The van der Waals surface area contributed by atoms with E-state index in [1.807, 2.05) is 58.0 Å². The second-order valence-electron chi connectivity index (χ2n) is 7.56. The highest BCUT2D eigenvalue weighted by Gasteiger charge is 2.13. The highest BCUT2D eigenvalue weighted by molar-refractivity contribution is 7.99. The third kappa shape index (κ3) is 4.89. The van der Waals surface area contributed by atoms with Gasteiger partial charge in [-0.25, -0.2) is 15.0 Å². The molecule has 0 saturated heterocycles. The SMILES string of the molecule is Cc1cc(C)nc(Sc2ccc(NC(=O)CCn3cnc4sc(C)c(C)c4c3=O)cc2)n1. The van der Waals surface area contributed by atoms with Crippen molar-refractivity contribution >= 4 is 44.9 Å². The van der Waals surface area contributed by atoms with Gasteiger partial charge >= 0.3 is 0 Å². The van der Waals surface area contributed by atoms with Crippen LogP contribution in [-0.4, -0.2) is 25.4 Å². The molecule has 0 radical (unpaired) electrons. The molecule has 1 aromatic carbocycles. The highest BCUT2D eigenvalue weighted by Crippen LogP contribution is 2.27. The summed E-state index contributed by atoms with van der Waals surface area (Å²) < 4.78 is 1.50. The van der Waals surface area contributed by atoms with Gasteiger partial charge in [0.1, 0.15) is 4.83 Å². The largest absolute Gasteiger partial charge is 0.326 e. The molecule has 0 unspecified atom stereocenters. The molecule has 0 fully saturated rings.